The van der Waals surface area contributed by atoms with E-state index >= 15 is 0 Å². The van der Waals surface area contributed by atoms with Crippen molar-refractivity contribution in [3.05, 3.63) is 28.1 Å². The van der Waals surface area contributed by atoms with E-state index in [0.717, 1.165) is 10.5 Å². The molecule has 1 aromatic rings. The highest BCUT2D eigenvalue weighted by molar-refractivity contribution is 7.10. The van der Waals surface area contributed by atoms with Crippen molar-refractivity contribution >= 4 is 37.7 Å². The van der Waals surface area contributed by atoms with Crippen LogP contribution in [0.15, 0.2) is 23.2 Å². The third-order valence-electron chi connectivity index (χ3n) is 1.09. The lowest BCUT2D eigenvalue weighted by Gasteiger charge is -1.85. The van der Waals surface area contributed by atoms with Gasteiger partial charge in [0.2, 0.25) is 0 Å². The van der Waals surface area contributed by atoms with Gasteiger partial charge in [0, 0.05) is 4.88 Å². The number of rotatable bonds is 3. The standard InChI is InChI=1S/C6H10OSSi2/c9-7-10-5-3-6-2-1-4-8-6/h1-5H,10H2,9H3. The van der Waals surface area contributed by atoms with E-state index in [9.17, 15) is 0 Å². The summed E-state index contributed by atoms with van der Waals surface area (Å²) >= 11 is 1.76. The molecule has 0 saturated heterocycles. The van der Waals surface area contributed by atoms with E-state index in [2.05, 4.69) is 29.3 Å². The summed E-state index contributed by atoms with van der Waals surface area (Å²) in [6, 6.07) is 4.18. The summed E-state index contributed by atoms with van der Waals surface area (Å²) in [6.45, 7) is 0. The van der Waals surface area contributed by atoms with E-state index in [1.54, 1.807) is 11.3 Å². The molecule has 0 aromatic carbocycles. The molecule has 0 saturated carbocycles. The molecular weight excluding hydrogens is 176 g/mol. The average Bonchev–Trinajstić information content (AvgIpc) is 2.41. The summed E-state index contributed by atoms with van der Waals surface area (Å²) in [5.74, 6) is 0. The van der Waals surface area contributed by atoms with E-state index in [0.29, 0.717) is 0 Å². The third-order valence-corrected chi connectivity index (χ3v) is 3.69. The molecule has 1 heterocycles. The van der Waals surface area contributed by atoms with E-state index in [1.807, 2.05) is 0 Å². The Morgan fingerprint density at radius 3 is 3.20 bits per heavy atom. The molecule has 54 valence electrons. The van der Waals surface area contributed by atoms with Crippen LogP contribution < -0.4 is 0 Å². The molecule has 0 atom stereocenters. The molecule has 0 fully saturated rings. The summed E-state index contributed by atoms with van der Waals surface area (Å²) in [5, 5.41) is 2.09. The SMILES string of the molecule is [SiH3]O[SiH2]C=Cc1cccs1. The zero-order chi connectivity index (χ0) is 7.23. The Bertz CT molecular complexity index is 196. The summed E-state index contributed by atoms with van der Waals surface area (Å²) in [4.78, 5) is 1.33. The Morgan fingerprint density at radius 2 is 2.60 bits per heavy atom. The van der Waals surface area contributed by atoms with Gasteiger partial charge < -0.3 is 4.12 Å². The van der Waals surface area contributed by atoms with Crippen molar-refractivity contribution in [1.82, 2.24) is 0 Å². The molecule has 0 aliphatic carbocycles. The topological polar surface area (TPSA) is 9.23 Å². The molecule has 0 radical (unpaired) electrons. The fourth-order valence-electron chi connectivity index (χ4n) is 0.647. The first-order valence-corrected chi connectivity index (χ1v) is 6.21. The van der Waals surface area contributed by atoms with Crippen LogP contribution in [0, 0.1) is 0 Å². The maximum absolute atomic E-state index is 5.14. The fraction of sp³-hybridized carbons (Fsp3) is 0. The van der Waals surface area contributed by atoms with Crippen LogP contribution >= 0.6 is 11.3 Å². The number of hydrogen-bond acceptors (Lipinski definition) is 2. The molecular formula is C6H10OSSi2. The second kappa shape index (κ2) is 4.62. The molecule has 1 aromatic heterocycles. The average molecular weight is 186 g/mol. The molecule has 0 bridgehead atoms. The second-order valence-electron chi connectivity index (χ2n) is 1.87. The monoisotopic (exact) mass is 186 g/mol. The highest BCUT2D eigenvalue weighted by atomic mass is 32.1. The largest absolute Gasteiger partial charge is 0.465 e. The van der Waals surface area contributed by atoms with E-state index in [1.165, 1.54) is 4.88 Å². The lowest BCUT2D eigenvalue weighted by Crippen LogP contribution is -1.87. The van der Waals surface area contributed by atoms with Crippen LogP contribution in [0.5, 0.6) is 0 Å². The molecule has 0 aliphatic heterocycles. The Balaban J connectivity index is 2.40. The van der Waals surface area contributed by atoms with Gasteiger partial charge in [-0.1, -0.05) is 17.8 Å². The van der Waals surface area contributed by atoms with Gasteiger partial charge in [-0.2, -0.15) is 0 Å². The van der Waals surface area contributed by atoms with Crippen LogP contribution in [0.25, 0.3) is 6.08 Å². The van der Waals surface area contributed by atoms with E-state index in [-0.39, 0.29) is 9.76 Å². The van der Waals surface area contributed by atoms with Gasteiger partial charge in [-0.05, 0) is 11.4 Å². The van der Waals surface area contributed by atoms with Crippen molar-refractivity contribution in [1.29, 1.82) is 0 Å². The van der Waals surface area contributed by atoms with Gasteiger partial charge in [-0.15, -0.1) is 11.3 Å². The Morgan fingerprint density at radius 1 is 1.70 bits per heavy atom. The second-order valence-corrected chi connectivity index (χ2v) is 5.97. The Labute approximate surface area is 70.2 Å². The van der Waals surface area contributed by atoms with Gasteiger partial charge >= 0.3 is 0 Å². The highest BCUT2D eigenvalue weighted by Crippen LogP contribution is 2.09. The minimum absolute atomic E-state index is 0.313. The van der Waals surface area contributed by atoms with Crippen molar-refractivity contribution < 1.29 is 4.12 Å². The van der Waals surface area contributed by atoms with Crippen molar-refractivity contribution in [2.45, 2.75) is 0 Å². The van der Waals surface area contributed by atoms with Gasteiger partial charge in [0.15, 0.2) is 9.76 Å². The van der Waals surface area contributed by atoms with Crippen molar-refractivity contribution in [2.75, 3.05) is 0 Å². The molecule has 0 aliphatic rings. The van der Waals surface area contributed by atoms with Crippen LogP contribution in [0.4, 0.5) is 0 Å². The van der Waals surface area contributed by atoms with Gasteiger partial charge in [0.25, 0.3) is 0 Å². The molecule has 1 rings (SSSR count). The summed E-state index contributed by atoms with van der Waals surface area (Å²) in [5.41, 5.74) is 2.18. The minimum atomic E-state index is -0.313. The number of hydrogen-bond donors (Lipinski definition) is 0. The summed E-state index contributed by atoms with van der Waals surface area (Å²) in [6.07, 6.45) is 2.15. The van der Waals surface area contributed by atoms with Gasteiger partial charge in [0.05, 0.1) is 0 Å². The predicted molar refractivity (Wildman–Crippen MR) is 52.9 cm³/mol. The van der Waals surface area contributed by atoms with Crippen molar-refractivity contribution in [3.8, 4) is 0 Å². The van der Waals surface area contributed by atoms with Gasteiger partial charge in [-0.25, -0.2) is 0 Å². The highest BCUT2D eigenvalue weighted by Gasteiger charge is 1.83. The van der Waals surface area contributed by atoms with E-state index in [4.69, 9.17) is 4.12 Å². The maximum atomic E-state index is 5.14. The summed E-state index contributed by atoms with van der Waals surface area (Å²) in [7, 11) is 0.574. The first-order valence-electron chi connectivity index (χ1n) is 3.12. The molecule has 0 spiro atoms. The molecule has 10 heavy (non-hydrogen) atoms. The zero-order valence-electron chi connectivity index (χ0n) is 5.91. The number of thiophene rings is 1. The maximum Gasteiger partial charge on any atom is 0.170 e. The molecule has 4 heteroatoms. The quantitative estimate of drug-likeness (QED) is 0.609. The molecule has 1 nitrogen and oxygen atoms in total. The molecule has 0 N–H and O–H groups in total. The van der Waals surface area contributed by atoms with E-state index < -0.39 is 0 Å². The summed E-state index contributed by atoms with van der Waals surface area (Å²) < 4.78 is 5.14. The van der Waals surface area contributed by atoms with Crippen LogP contribution in [-0.4, -0.2) is 20.2 Å². The van der Waals surface area contributed by atoms with Crippen LogP contribution in [0.1, 0.15) is 4.88 Å². The first kappa shape index (κ1) is 7.94. The van der Waals surface area contributed by atoms with Crippen LogP contribution in [0.3, 0.4) is 0 Å². The minimum Gasteiger partial charge on any atom is -0.465 e. The van der Waals surface area contributed by atoms with Crippen LogP contribution in [0.2, 0.25) is 0 Å². The Hall–Kier alpha value is -0.166. The van der Waals surface area contributed by atoms with Crippen molar-refractivity contribution in [2.24, 2.45) is 0 Å². The van der Waals surface area contributed by atoms with Gasteiger partial charge in [-0.3, -0.25) is 0 Å². The Kier molecular flexibility index (Phi) is 3.67. The third kappa shape index (κ3) is 2.61. The molecule has 0 amide bonds. The molecule has 0 unspecified atom stereocenters. The lowest BCUT2D eigenvalue weighted by atomic mass is 10.5. The van der Waals surface area contributed by atoms with Crippen molar-refractivity contribution in [3.63, 3.8) is 0 Å². The fourth-order valence-corrected chi connectivity index (χ4v) is 2.58. The smallest absolute Gasteiger partial charge is 0.170 e. The normalized spacial score (nSPS) is 12.4. The predicted octanol–water partition coefficient (Wildman–Crippen LogP) is 0.0996. The zero-order valence-corrected chi connectivity index (χ0v) is 10.1. The first-order chi connectivity index (χ1) is 4.93. The van der Waals surface area contributed by atoms with Crippen LogP contribution in [-0.2, 0) is 4.12 Å². The lowest BCUT2D eigenvalue weighted by molar-refractivity contribution is 0.676. The van der Waals surface area contributed by atoms with Gasteiger partial charge in [0.1, 0.15) is 10.5 Å².